The van der Waals surface area contributed by atoms with Crippen LogP contribution >= 0.6 is 46.1 Å². The maximum atomic E-state index is 6.49. The van der Waals surface area contributed by atoms with E-state index in [1.54, 1.807) is 0 Å². The highest BCUT2D eigenvalue weighted by atomic mass is 32.1. The Morgan fingerprint density at radius 2 is 0.889 bits per heavy atom. The lowest BCUT2D eigenvalue weighted by Gasteiger charge is -2.35. The molecule has 0 aliphatic heterocycles. The number of thiophene rings is 2. The average molecular weight is 913 g/mol. The molecule has 0 fully saturated rings. The van der Waals surface area contributed by atoms with Gasteiger partial charge in [0.1, 0.15) is 33.2 Å². The van der Waals surface area contributed by atoms with Gasteiger partial charge in [-0.3, -0.25) is 0 Å². The summed E-state index contributed by atoms with van der Waals surface area (Å²) in [6.07, 6.45) is 24.8. The van der Waals surface area contributed by atoms with Crippen LogP contribution in [0.4, 0.5) is 0 Å². The molecule has 3 aromatic carbocycles. The lowest BCUT2D eigenvalue weighted by molar-refractivity contribution is 0.397. The van der Waals surface area contributed by atoms with Gasteiger partial charge in [0.15, 0.2) is 0 Å². The van der Waals surface area contributed by atoms with Crippen molar-refractivity contribution in [3.05, 3.63) is 69.1 Å². The molecular weight excluding hydrogens is 849 g/mol. The van der Waals surface area contributed by atoms with Crippen molar-refractivity contribution in [2.24, 2.45) is 0 Å². The zero-order valence-electron chi connectivity index (χ0n) is 38.4. The van der Waals surface area contributed by atoms with Gasteiger partial charge in [0.25, 0.3) is 0 Å². The summed E-state index contributed by atoms with van der Waals surface area (Å²) >= 11 is 6.49. The largest absolute Gasteiger partial charge is 0.454 e. The highest BCUT2D eigenvalue weighted by Crippen LogP contribution is 2.63. The molecule has 63 heavy (non-hydrogen) atoms. The number of furan rings is 1. The van der Waals surface area contributed by atoms with Crippen LogP contribution in [0.2, 0.25) is 0 Å². The van der Waals surface area contributed by atoms with E-state index < -0.39 is 0 Å². The first kappa shape index (κ1) is 43.4. The van der Waals surface area contributed by atoms with Crippen LogP contribution in [0.5, 0.6) is 0 Å². The summed E-state index contributed by atoms with van der Waals surface area (Å²) < 4.78 is 29.6. The lowest BCUT2D eigenvalue weighted by atomic mass is 9.68. The van der Waals surface area contributed by atoms with Crippen LogP contribution in [0, 0.1) is 13.8 Å². The normalized spacial score (nSPS) is 14.8. The highest BCUT2D eigenvalue weighted by Gasteiger charge is 2.50. The van der Waals surface area contributed by atoms with Crippen LogP contribution in [-0.2, 0) is 10.8 Å². The molecule has 0 amide bonds. The SMILES string of the molecule is CCCCCCC1(CCCCCC)c2cc3c(cc2-c2c1cc(C)c1nsnc21)C(CCCCCC)(CCCCCC)c1cc(-c2cc4oc5cc(C)sc5c4s2)c2nsnc2c1-3. The van der Waals surface area contributed by atoms with E-state index >= 15 is 0 Å². The summed E-state index contributed by atoms with van der Waals surface area (Å²) in [7, 11) is 0. The standard InChI is InChI=1S/C54H64N4OS4/c1-7-11-15-19-23-53(24-20-16-12-8-2)38-30-36-39(29-35(38)45-40(53)27-33(5)47-49(45)57-62-55-47)54(25-21-17-13-9-3,26-22-18-14-10-4)41-31-37(48-50(46(36)41)58-63-56-48)44-32-43-52(61-44)51-42(59-43)28-34(6)60-51/h27-32H,7-26H2,1-6H3. The second kappa shape index (κ2) is 18.1. The number of aryl methyl sites for hydroxylation is 2. The van der Waals surface area contributed by atoms with Crippen molar-refractivity contribution < 1.29 is 4.42 Å². The van der Waals surface area contributed by atoms with Crippen molar-refractivity contribution in [1.29, 1.82) is 0 Å². The van der Waals surface area contributed by atoms with E-state index in [2.05, 4.69) is 77.9 Å². The maximum Gasteiger partial charge on any atom is 0.147 e. The molecule has 0 unspecified atom stereocenters. The van der Waals surface area contributed by atoms with Crippen molar-refractivity contribution in [2.45, 2.75) is 181 Å². The zero-order valence-corrected chi connectivity index (χ0v) is 41.7. The molecule has 0 bridgehead atoms. The van der Waals surface area contributed by atoms with Gasteiger partial charge in [-0.1, -0.05) is 136 Å². The first-order chi connectivity index (χ1) is 30.9. The Morgan fingerprint density at radius 3 is 1.43 bits per heavy atom. The first-order valence-electron chi connectivity index (χ1n) is 24.6. The van der Waals surface area contributed by atoms with Crippen molar-refractivity contribution in [3.63, 3.8) is 0 Å². The van der Waals surface area contributed by atoms with E-state index in [9.17, 15) is 0 Å². The van der Waals surface area contributed by atoms with Gasteiger partial charge in [-0.15, -0.1) is 22.7 Å². The molecule has 0 spiro atoms. The molecule has 5 aromatic heterocycles. The number of hydrogen-bond acceptors (Lipinski definition) is 9. The summed E-state index contributed by atoms with van der Waals surface area (Å²) in [6, 6.07) is 15.1. The van der Waals surface area contributed by atoms with Crippen LogP contribution in [0.1, 0.15) is 189 Å². The highest BCUT2D eigenvalue weighted by molar-refractivity contribution is 7.29. The predicted octanol–water partition coefficient (Wildman–Crippen LogP) is 18.4. The number of unbranched alkanes of at least 4 members (excludes halogenated alkanes) is 12. The van der Waals surface area contributed by atoms with Crippen molar-refractivity contribution in [1.82, 2.24) is 17.5 Å². The minimum Gasteiger partial charge on any atom is -0.454 e. The fourth-order valence-corrected chi connectivity index (χ4v) is 15.3. The fraction of sp³-hybridized carbons (Fsp3) is 0.519. The molecule has 5 nitrogen and oxygen atoms in total. The van der Waals surface area contributed by atoms with Gasteiger partial charge >= 0.3 is 0 Å². The van der Waals surface area contributed by atoms with Gasteiger partial charge in [-0.25, -0.2) is 0 Å². The minimum absolute atomic E-state index is 0.0622. The molecule has 330 valence electrons. The summed E-state index contributed by atoms with van der Waals surface area (Å²) in [6.45, 7) is 13.8. The number of hydrogen-bond donors (Lipinski definition) is 0. The molecule has 10 rings (SSSR count). The number of nitrogens with zero attached hydrogens (tertiary/aromatic N) is 4. The Bertz CT molecular complexity index is 2900. The molecule has 2 aliphatic rings. The number of rotatable bonds is 21. The van der Waals surface area contributed by atoms with Gasteiger partial charge in [0, 0.05) is 43.3 Å². The van der Waals surface area contributed by atoms with E-state index in [-0.39, 0.29) is 10.8 Å². The molecule has 9 heteroatoms. The first-order valence-corrected chi connectivity index (χ1v) is 27.6. The van der Waals surface area contributed by atoms with E-state index in [0.717, 1.165) is 46.1 Å². The molecule has 0 saturated heterocycles. The fourth-order valence-electron chi connectivity index (χ4n) is 11.9. The predicted molar refractivity (Wildman–Crippen MR) is 274 cm³/mol. The quantitative estimate of drug-likeness (QED) is 0.0672. The van der Waals surface area contributed by atoms with Gasteiger partial charge in [0.2, 0.25) is 0 Å². The van der Waals surface area contributed by atoms with Crippen LogP contribution in [0.3, 0.4) is 0 Å². The topological polar surface area (TPSA) is 64.7 Å². The Labute approximate surface area is 390 Å². The third kappa shape index (κ3) is 7.25. The third-order valence-corrected chi connectivity index (χ3v) is 18.5. The van der Waals surface area contributed by atoms with Crippen molar-refractivity contribution in [2.75, 3.05) is 0 Å². The second-order valence-corrected chi connectivity index (χ2v) is 22.6. The van der Waals surface area contributed by atoms with E-state index in [0.29, 0.717) is 0 Å². The Hall–Kier alpha value is -3.50. The zero-order chi connectivity index (χ0) is 43.3. The molecule has 0 atom stereocenters. The second-order valence-electron chi connectivity index (χ2n) is 19.2. The molecular formula is C54H64N4OS4. The summed E-state index contributed by atoms with van der Waals surface area (Å²) in [4.78, 5) is 2.53. The number of fused-ring (bicyclic) bond motifs is 13. The van der Waals surface area contributed by atoms with Crippen molar-refractivity contribution >= 4 is 88.8 Å². The van der Waals surface area contributed by atoms with Crippen molar-refractivity contribution in [3.8, 4) is 32.7 Å². The van der Waals surface area contributed by atoms with Crippen LogP contribution in [0.25, 0.3) is 75.3 Å². The average Bonchev–Trinajstić information content (AvgIpc) is 4.16. The monoisotopic (exact) mass is 912 g/mol. The molecule has 8 aromatic rings. The third-order valence-electron chi connectivity index (χ3n) is 15.1. The number of aromatic nitrogens is 4. The Morgan fingerprint density at radius 1 is 0.444 bits per heavy atom. The van der Waals surface area contributed by atoms with Crippen LogP contribution in [0.15, 0.2) is 40.8 Å². The van der Waals surface area contributed by atoms with E-state index in [1.807, 2.05) is 22.7 Å². The minimum atomic E-state index is -0.125. The van der Waals surface area contributed by atoms with Gasteiger partial charge in [-0.05, 0) is 103 Å². The Kier molecular flexibility index (Phi) is 12.4. The summed E-state index contributed by atoms with van der Waals surface area (Å²) in [5, 5.41) is 0. The molecule has 2 aliphatic carbocycles. The van der Waals surface area contributed by atoms with E-state index in [4.69, 9.17) is 21.9 Å². The molecule has 0 radical (unpaired) electrons. The summed E-state index contributed by atoms with van der Waals surface area (Å²) in [5.74, 6) is 0. The smallest absolute Gasteiger partial charge is 0.147 e. The molecule has 5 heterocycles. The van der Waals surface area contributed by atoms with Gasteiger partial charge in [-0.2, -0.15) is 17.5 Å². The maximum absolute atomic E-state index is 6.49. The number of benzene rings is 3. The van der Waals surface area contributed by atoms with Crippen LogP contribution < -0.4 is 0 Å². The molecule has 0 saturated carbocycles. The molecule has 0 N–H and O–H groups in total. The lowest BCUT2D eigenvalue weighted by Crippen LogP contribution is -2.27. The summed E-state index contributed by atoms with van der Waals surface area (Å²) in [5.41, 5.74) is 20.3. The van der Waals surface area contributed by atoms with Gasteiger partial charge < -0.3 is 4.42 Å². The Balaban J connectivity index is 1.24. The van der Waals surface area contributed by atoms with E-state index in [1.165, 1.54) is 214 Å². The van der Waals surface area contributed by atoms with Crippen LogP contribution in [-0.4, -0.2) is 17.5 Å². The van der Waals surface area contributed by atoms with Gasteiger partial charge in [0.05, 0.1) is 32.9 Å².